The lowest BCUT2D eigenvalue weighted by Crippen LogP contribution is -2.26. The smallest absolute Gasteiger partial charge is 0.262 e. The van der Waals surface area contributed by atoms with Crippen molar-refractivity contribution in [2.75, 3.05) is 17.3 Å². The van der Waals surface area contributed by atoms with Gasteiger partial charge in [0.1, 0.15) is 5.75 Å². The third kappa shape index (κ3) is 3.94. The van der Waals surface area contributed by atoms with Gasteiger partial charge >= 0.3 is 0 Å². The monoisotopic (exact) mass is 451 g/mol. The maximum absolute atomic E-state index is 13.6. The Hall–Kier alpha value is -4.32. The zero-order valence-electron chi connectivity index (χ0n) is 19.1. The zero-order valence-corrected chi connectivity index (χ0v) is 19.1. The molecule has 0 bridgehead atoms. The number of carbonyl (C=O) groups excluding carboxylic acids is 2. The van der Waals surface area contributed by atoms with Crippen molar-refractivity contribution in [1.82, 2.24) is 4.90 Å². The summed E-state index contributed by atoms with van der Waals surface area (Å²) in [6.45, 7) is 2.61. The van der Waals surface area contributed by atoms with Gasteiger partial charge in [0, 0.05) is 42.3 Å². The van der Waals surface area contributed by atoms with Crippen LogP contribution in [0.15, 0.2) is 90.9 Å². The Kier molecular flexibility index (Phi) is 5.64. The molecule has 0 saturated heterocycles. The van der Waals surface area contributed by atoms with E-state index in [1.54, 1.807) is 35.2 Å². The van der Waals surface area contributed by atoms with Crippen molar-refractivity contribution in [3.05, 3.63) is 113 Å². The van der Waals surface area contributed by atoms with Crippen LogP contribution in [0.4, 0.5) is 11.4 Å². The maximum Gasteiger partial charge on any atom is 0.262 e. The Bertz CT molecular complexity index is 1340. The summed E-state index contributed by atoms with van der Waals surface area (Å²) in [6.07, 6.45) is 6.90. The minimum absolute atomic E-state index is 0.112. The van der Waals surface area contributed by atoms with E-state index < -0.39 is 0 Å². The molecule has 5 rings (SSSR count). The van der Waals surface area contributed by atoms with Crippen LogP contribution in [0.2, 0.25) is 0 Å². The first kappa shape index (κ1) is 21.5. The summed E-state index contributed by atoms with van der Waals surface area (Å²) in [5.74, 6) is 0.131. The van der Waals surface area contributed by atoms with Crippen molar-refractivity contribution in [3.8, 4) is 5.75 Å². The molecule has 34 heavy (non-hydrogen) atoms. The molecule has 0 fully saturated rings. The van der Waals surface area contributed by atoms with Crippen LogP contribution in [0, 0.1) is 6.92 Å². The number of fused-ring (bicyclic) bond motifs is 2. The molecule has 2 amide bonds. The van der Waals surface area contributed by atoms with Crippen LogP contribution in [0.3, 0.4) is 0 Å². The van der Waals surface area contributed by atoms with Gasteiger partial charge in [-0.25, -0.2) is 0 Å². The van der Waals surface area contributed by atoms with Gasteiger partial charge in [0.05, 0.1) is 18.4 Å². The number of hydrogen-bond donors (Lipinski definition) is 1. The molecule has 0 aliphatic carbocycles. The summed E-state index contributed by atoms with van der Waals surface area (Å²) < 4.78 is 5.30. The van der Waals surface area contributed by atoms with Gasteiger partial charge in [0.25, 0.3) is 11.8 Å². The highest BCUT2D eigenvalue weighted by Gasteiger charge is 2.26. The Balaban J connectivity index is 1.43. The lowest BCUT2D eigenvalue weighted by atomic mass is 10.1. The van der Waals surface area contributed by atoms with Crippen molar-refractivity contribution >= 4 is 23.2 Å². The standard InChI is InChI=1S/C28H25N3O3/c1-19-16-20(13-14-24(19)29-27(32)23-10-4-6-12-26(23)34-2)28(33)31-18-22-9-7-15-30(22)17-21-8-3-5-11-25(21)31/h3-8,10-16,18H,9,17H2,1-2H3,(H,29,32). The number of methoxy groups -OCH3 is 1. The highest BCUT2D eigenvalue weighted by Crippen LogP contribution is 2.33. The van der Waals surface area contributed by atoms with Gasteiger partial charge < -0.3 is 15.0 Å². The zero-order chi connectivity index (χ0) is 23.7. The molecule has 0 atom stereocenters. The second-order valence-corrected chi connectivity index (χ2v) is 8.33. The van der Waals surface area contributed by atoms with E-state index in [1.165, 1.54) is 7.11 Å². The Morgan fingerprint density at radius 1 is 1.00 bits per heavy atom. The summed E-state index contributed by atoms with van der Waals surface area (Å²) in [5.41, 5.74) is 5.51. The number of rotatable bonds is 4. The number of benzene rings is 3. The number of aryl methyl sites for hydroxylation is 1. The van der Waals surface area contributed by atoms with Gasteiger partial charge in [0.2, 0.25) is 0 Å². The average Bonchev–Trinajstić information content (AvgIpc) is 3.23. The summed E-state index contributed by atoms with van der Waals surface area (Å²) in [5, 5.41) is 2.93. The van der Waals surface area contributed by atoms with Crippen molar-refractivity contribution in [2.24, 2.45) is 0 Å². The van der Waals surface area contributed by atoms with E-state index in [9.17, 15) is 9.59 Å². The van der Waals surface area contributed by atoms with Crippen LogP contribution in [0.5, 0.6) is 5.75 Å². The molecule has 6 nitrogen and oxygen atoms in total. The highest BCUT2D eigenvalue weighted by atomic mass is 16.5. The summed E-state index contributed by atoms with van der Waals surface area (Å²) in [4.78, 5) is 30.4. The quantitative estimate of drug-likeness (QED) is 0.571. The van der Waals surface area contributed by atoms with Gasteiger partial charge in [-0.1, -0.05) is 36.4 Å². The van der Waals surface area contributed by atoms with E-state index in [-0.39, 0.29) is 11.8 Å². The summed E-state index contributed by atoms with van der Waals surface area (Å²) >= 11 is 0. The third-order valence-corrected chi connectivity index (χ3v) is 6.14. The first-order chi connectivity index (χ1) is 16.5. The molecule has 2 aliphatic rings. The number of ether oxygens (including phenoxy) is 1. The molecule has 2 aliphatic heterocycles. The van der Waals surface area contributed by atoms with Gasteiger partial charge in [-0.2, -0.15) is 0 Å². The molecule has 0 radical (unpaired) electrons. The van der Waals surface area contributed by atoms with Crippen LogP contribution in [-0.2, 0) is 6.54 Å². The van der Waals surface area contributed by atoms with Gasteiger partial charge in [-0.05, 0) is 54.4 Å². The normalized spacial score (nSPS) is 14.1. The predicted molar refractivity (Wildman–Crippen MR) is 133 cm³/mol. The minimum Gasteiger partial charge on any atom is -0.496 e. The Labute approximate surface area is 198 Å². The number of para-hydroxylation sites is 2. The third-order valence-electron chi connectivity index (χ3n) is 6.14. The fraction of sp³-hybridized carbons (Fsp3) is 0.143. The minimum atomic E-state index is -0.264. The van der Waals surface area contributed by atoms with Gasteiger partial charge in [-0.3, -0.25) is 14.5 Å². The molecule has 3 aromatic carbocycles. The molecule has 0 saturated carbocycles. The molecule has 6 heteroatoms. The second kappa shape index (κ2) is 8.90. The number of nitrogens with one attached hydrogen (secondary N) is 1. The number of hydrogen-bond acceptors (Lipinski definition) is 4. The van der Waals surface area contributed by atoms with Gasteiger partial charge in [0.15, 0.2) is 0 Å². The number of allylic oxidation sites excluding steroid dienone is 1. The Morgan fingerprint density at radius 2 is 1.79 bits per heavy atom. The van der Waals surface area contributed by atoms with Crippen LogP contribution in [0.25, 0.3) is 0 Å². The number of anilines is 2. The number of carbonyl (C=O) groups is 2. The average molecular weight is 452 g/mol. The maximum atomic E-state index is 13.6. The molecule has 1 N–H and O–H groups in total. The van der Waals surface area contributed by atoms with Crippen LogP contribution in [-0.4, -0.2) is 23.8 Å². The van der Waals surface area contributed by atoms with Crippen molar-refractivity contribution in [1.29, 1.82) is 0 Å². The van der Waals surface area contributed by atoms with Crippen LogP contribution >= 0.6 is 0 Å². The van der Waals surface area contributed by atoms with E-state index in [0.29, 0.717) is 22.6 Å². The van der Waals surface area contributed by atoms with E-state index in [2.05, 4.69) is 28.6 Å². The summed E-state index contributed by atoms with van der Waals surface area (Å²) in [7, 11) is 1.54. The SMILES string of the molecule is COc1ccccc1C(=O)Nc1ccc(C(=O)N2C=C3CC=CN3Cc3ccccc32)cc1C. The molecule has 170 valence electrons. The van der Waals surface area contributed by atoms with E-state index in [1.807, 2.05) is 43.5 Å². The Morgan fingerprint density at radius 3 is 2.62 bits per heavy atom. The fourth-order valence-electron chi connectivity index (χ4n) is 4.34. The van der Waals surface area contributed by atoms with Crippen molar-refractivity contribution in [2.45, 2.75) is 19.9 Å². The molecule has 0 spiro atoms. The lowest BCUT2D eigenvalue weighted by Gasteiger charge is -2.21. The molecule has 0 unspecified atom stereocenters. The van der Waals surface area contributed by atoms with Crippen molar-refractivity contribution < 1.29 is 14.3 Å². The number of amides is 2. The lowest BCUT2D eigenvalue weighted by molar-refractivity contribution is 0.0995. The molecule has 2 heterocycles. The highest BCUT2D eigenvalue weighted by molar-refractivity contribution is 6.09. The van der Waals surface area contributed by atoms with E-state index >= 15 is 0 Å². The topological polar surface area (TPSA) is 61.9 Å². The largest absolute Gasteiger partial charge is 0.496 e. The predicted octanol–water partition coefficient (Wildman–Crippen LogP) is 5.48. The molecular weight excluding hydrogens is 426 g/mol. The van der Waals surface area contributed by atoms with Crippen LogP contribution in [0.1, 0.15) is 38.3 Å². The van der Waals surface area contributed by atoms with E-state index in [0.717, 1.165) is 35.5 Å². The first-order valence-electron chi connectivity index (χ1n) is 11.2. The van der Waals surface area contributed by atoms with E-state index in [4.69, 9.17) is 4.74 Å². The van der Waals surface area contributed by atoms with Crippen LogP contribution < -0.4 is 15.0 Å². The summed E-state index contributed by atoms with van der Waals surface area (Å²) in [6, 6.07) is 20.4. The molecule has 3 aromatic rings. The first-order valence-corrected chi connectivity index (χ1v) is 11.2. The fourth-order valence-corrected chi connectivity index (χ4v) is 4.34. The second-order valence-electron chi connectivity index (χ2n) is 8.33. The molecular formula is C28H25N3O3. The number of nitrogens with zero attached hydrogens (tertiary/aromatic N) is 2. The van der Waals surface area contributed by atoms with Gasteiger partial charge in [-0.15, -0.1) is 0 Å². The molecule has 0 aromatic heterocycles. The van der Waals surface area contributed by atoms with Crippen molar-refractivity contribution in [3.63, 3.8) is 0 Å².